The molecule has 0 saturated heterocycles. The van der Waals surface area contributed by atoms with E-state index >= 15 is 0 Å². The lowest BCUT2D eigenvalue weighted by Gasteiger charge is -2.10. The van der Waals surface area contributed by atoms with Gasteiger partial charge in [-0.05, 0) is 0 Å². The quantitative estimate of drug-likeness (QED) is 0.395. The van der Waals surface area contributed by atoms with E-state index < -0.39 is 37.0 Å². The van der Waals surface area contributed by atoms with Crippen molar-refractivity contribution in [1.82, 2.24) is 0 Å². The van der Waals surface area contributed by atoms with Crippen LogP contribution in [0.1, 0.15) is 12.8 Å². The van der Waals surface area contributed by atoms with E-state index in [1.807, 2.05) is 0 Å². The molecule has 12 heavy (non-hydrogen) atoms. The van der Waals surface area contributed by atoms with Crippen LogP contribution in [-0.4, -0.2) is 38.7 Å². The zero-order chi connectivity index (χ0) is 9.72. The maximum absolute atomic E-state index is 10.3. The molecular formula is C6H10O6. The largest absolute Gasteiger partial charge is 0.481 e. The second-order valence-electron chi connectivity index (χ2n) is 2.35. The summed E-state index contributed by atoms with van der Waals surface area (Å²) in [7, 11) is 0. The molecule has 1 atom stereocenters. The average Bonchev–Trinajstić information content (AvgIpc) is 1.83. The average molecular weight is 178 g/mol. The van der Waals surface area contributed by atoms with E-state index in [0.29, 0.717) is 0 Å². The van der Waals surface area contributed by atoms with E-state index in [9.17, 15) is 9.59 Å². The van der Waals surface area contributed by atoms with Crippen LogP contribution in [0.2, 0.25) is 0 Å². The van der Waals surface area contributed by atoms with E-state index in [1.54, 1.807) is 0 Å². The van der Waals surface area contributed by atoms with Crippen molar-refractivity contribution in [2.75, 3.05) is 0 Å². The zero-order valence-corrected chi connectivity index (χ0v) is 6.17. The smallest absolute Gasteiger partial charge is 0.307 e. The van der Waals surface area contributed by atoms with Crippen LogP contribution in [0, 0.1) is 5.92 Å². The Morgan fingerprint density at radius 3 is 1.92 bits per heavy atom. The number of carboxylic acids is 2. The van der Waals surface area contributed by atoms with Crippen LogP contribution in [0.25, 0.3) is 0 Å². The van der Waals surface area contributed by atoms with E-state index in [-0.39, 0.29) is 0 Å². The monoisotopic (exact) mass is 178 g/mol. The van der Waals surface area contributed by atoms with Crippen LogP contribution < -0.4 is 0 Å². The van der Waals surface area contributed by atoms with Gasteiger partial charge in [-0.2, -0.15) is 0 Å². The summed E-state index contributed by atoms with van der Waals surface area (Å²) in [4.78, 5) is 20.4. The summed E-state index contributed by atoms with van der Waals surface area (Å²) in [6.45, 7) is 0. The summed E-state index contributed by atoms with van der Waals surface area (Å²) >= 11 is 0. The highest BCUT2D eigenvalue weighted by Crippen LogP contribution is 2.10. The molecule has 0 rings (SSSR count). The molecule has 70 valence electrons. The van der Waals surface area contributed by atoms with Gasteiger partial charge in [-0.3, -0.25) is 9.59 Å². The molecule has 0 spiro atoms. The van der Waals surface area contributed by atoms with Gasteiger partial charge in [0.25, 0.3) is 0 Å². The maximum atomic E-state index is 10.3. The van der Waals surface area contributed by atoms with Crippen LogP contribution in [0.5, 0.6) is 0 Å². The van der Waals surface area contributed by atoms with Gasteiger partial charge in [0.15, 0.2) is 6.29 Å². The van der Waals surface area contributed by atoms with Crippen molar-refractivity contribution in [2.24, 2.45) is 5.92 Å². The lowest BCUT2D eigenvalue weighted by atomic mass is 10.0. The number of aliphatic hydroxyl groups is 2. The molecule has 0 aliphatic heterocycles. The van der Waals surface area contributed by atoms with Crippen molar-refractivity contribution >= 4 is 11.9 Å². The number of aliphatic hydroxyl groups excluding tert-OH is 1. The Morgan fingerprint density at radius 2 is 1.67 bits per heavy atom. The van der Waals surface area contributed by atoms with Gasteiger partial charge in [-0.25, -0.2) is 0 Å². The molecule has 0 aromatic heterocycles. The van der Waals surface area contributed by atoms with E-state index in [0.717, 1.165) is 0 Å². The van der Waals surface area contributed by atoms with E-state index in [2.05, 4.69) is 0 Å². The molecule has 0 bridgehead atoms. The third-order valence-corrected chi connectivity index (χ3v) is 1.27. The highest BCUT2D eigenvalue weighted by atomic mass is 16.5. The van der Waals surface area contributed by atoms with Crippen LogP contribution in [0.3, 0.4) is 0 Å². The summed E-state index contributed by atoms with van der Waals surface area (Å²) in [6.07, 6.45) is -2.86. The Morgan fingerprint density at radius 1 is 1.17 bits per heavy atom. The molecule has 0 aliphatic rings. The second-order valence-corrected chi connectivity index (χ2v) is 2.35. The Balaban J connectivity index is 4.04. The Hall–Kier alpha value is -1.14. The van der Waals surface area contributed by atoms with Crippen molar-refractivity contribution in [1.29, 1.82) is 0 Å². The zero-order valence-electron chi connectivity index (χ0n) is 6.17. The standard InChI is InChI=1S/C6H10O6/c7-4(8)1-3(6(11)12)2-5(9)10/h3-4,7-8H,1-2H2,(H,9,10)(H,11,12). The van der Waals surface area contributed by atoms with Gasteiger partial charge in [-0.15, -0.1) is 0 Å². The van der Waals surface area contributed by atoms with E-state index in [1.165, 1.54) is 0 Å². The van der Waals surface area contributed by atoms with Crippen LogP contribution in [0.15, 0.2) is 0 Å². The molecule has 6 heteroatoms. The summed E-state index contributed by atoms with van der Waals surface area (Å²) in [6, 6.07) is 0. The normalized spacial score (nSPS) is 12.9. The Kier molecular flexibility index (Phi) is 4.24. The minimum atomic E-state index is -1.79. The summed E-state index contributed by atoms with van der Waals surface area (Å²) in [5, 5.41) is 33.4. The molecule has 0 aromatic carbocycles. The van der Waals surface area contributed by atoms with Crippen molar-refractivity contribution in [3.8, 4) is 0 Å². The van der Waals surface area contributed by atoms with Gasteiger partial charge in [0.2, 0.25) is 0 Å². The van der Waals surface area contributed by atoms with E-state index in [4.69, 9.17) is 20.4 Å². The van der Waals surface area contributed by atoms with Crippen molar-refractivity contribution < 1.29 is 30.0 Å². The van der Waals surface area contributed by atoms with Gasteiger partial charge in [0.1, 0.15) is 0 Å². The van der Waals surface area contributed by atoms with Gasteiger partial charge >= 0.3 is 11.9 Å². The SMILES string of the molecule is O=C(O)CC(CC(O)O)C(=O)O. The molecular weight excluding hydrogens is 168 g/mol. The predicted octanol–water partition coefficient (Wildman–Crippen LogP) is -1.14. The number of aliphatic carboxylic acids is 2. The molecule has 0 heterocycles. The first-order valence-corrected chi connectivity index (χ1v) is 3.24. The topological polar surface area (TPSA) is 115 Å². The number of hydrogen-bond donors (Lipinski definition) is 4. The number of carboxylic acid groups (broad SMARTS) is 2. The molecule has 4 N–H and O–H groups in total. The summed E-state index contributed by atoms with van der Waals surface area (Å²) in [5.41, 5.74) is 0. The molecule has 6 nitrogen and oxygen atoms in total. The molecule has 0 saturated carbocycles. The van der Waals surface area contributed by atoms with Gasteiger partial charge in [0, 0.05) is 6.42 Å². The fourth-order valence-corrected chi connectivity index (χ4v) is 0.737. The fraction of sp³-hybridized carbons (Fsp3) is 0.667. The minimum absolute atomic E-state index is 0.471. The third-order valence-electron chi connectivity index (χ3n) is 1.27. The van der Waals surface area contributed by atoms with Crippen molar-refractivity contribution in [3.05, 3.63) is 0 Å². The fourth-order valence-electron chi connectivity index (χ4n) is 0.737. The second kappa shape index (κ2) is 4.68. The maximum Gasteiger partial charge on any atom is 0.307 e. The lowest BCUT2D eigenvalue weighted by Crippen LogP contribution is -2.23. The van der Waals surface area contributed by atoms with Gasteiger partial charge < -0.3 is 20.4 Å². The molecule has 0 amide bonds. The highest BCUT2D eigenvalue weighted by Gasteiger charge is 2.23. The molecule has 0 aromatic rings. The van der Waals surface area contributed by atoms with Crippen molar-refractivity contribution in [2.45, 2.75) is 19.1 Å². The molecule has 0 radical (unpaired) electrons. The highest BCUT2D eigenvalue weighted by molar-refractivity contribution is 5.77. The number of rotatable bonds is 5. The first-order valence-electron chi connectivity index (χ1n) is 3.24. The molecule has 0 aliphatic carbocycles. The lowest BCUT2D eigenvalue weighted by molar-refractivity contribution is -0.152. The van der Waals surface area contributed by atoms with Crippen LogP contribution in [-0.2, 0) is 9.59 Å². The number of hydrogen-bond acceptors (Lipinski definition) is 4. The Bertz CT molecular complexity index is 175. The third kappa shape index (κ3) is 4.64. The first kappa shape index (κ1) is 10.9. The number of carbonyl (C=O) groups is 2. The molecule has 0 fully saturated rings. The first-order chi connectivity index (χ1) is 5.43. The summed E-state index contributed by atoms with van der Waals surface area (Å²) < 4.78 is 0. The predicted molar refractivity (Wildman–Crippen MR) is 36.2 cm³/mol. The minimum Gasteiger partial charge on any atom is -0.481 e. The van der Waals surface area contributed by atoms with Crippen LogP contribution in [0.4, 0.5) is 0 Å². The van der Waals surface area contributed by atoms with Gasteiger partial charge in [0.05, 0.1) is 12.3 Å². The van der Waals surface area contributed by atoms with Crippen LogP contribution >= 0.6 is 0 Å². The summed E-state index contributed by atoms with van der Waals surface area (Å²) in [5.74, 6) is -3.86. The van der Waals surface area contributed by atoms with Crippen molar-refractivity contribution in [3.63, 3.8) is 0 Å². The van der Waals surface area contributed by atoms with Gasteiger partial charge in [-0.1, -0.05) is 0 Å². The molecule has 1 unspecified atom stereocenters. The Labute approximate surface area is 68.1 Å².